The number of nitrogens with zero attached hydrogens (tertiary/aromatic N) is 1. The molecule has 0 unspecified atom stereocenters. The summed E-state index contributed by atoms with van der Waals surface area (Å²) in [6.07, 6.45) is 1.55. The molecule has 0 aromatic carbocycles. The van der Waals surface area contributed by atoms with Gasteiger partial charge in [-0.2, -0.15) is 0 Å². The molecule has 1 aromatic heterocycles. The fraction of sp³-hybridized carbons (Fsp3) is 0.167. The minimum absolute atomic E-state index is 0.325. The fourth-order valence-electron chi connectivity index (χ4n) is 0.627. The molecule has 54 valence electrons. The lowest BCUT2D eigenvalue weighted by Crippen LogP contribution is -1.98. The summed E-state index contributed by atoms with van der Waals surface area (Å²) in [5, 5.41) is 0.956. The minimum atomic E-state index is 0.325. The van der Waals surface area contributed by atoms with Crippen LogP contribution in [0.3, 0.4) is 0 Å². The number of rotatable bonds is 1. The van der Waals surface area contributed by atoms with E-state index in [-0.39, 0.29) is 0 Å². The van der Waals surface area contributed by atoms with Crippen LogP contribution in [0.5, 0.6) is 0 Å². The summed E-state index contributed by atoms with van der Waals surface area (Å²) in [5.74, 6) is 0. The third kappa shape index (κ3) is 1.40. The molecule has 4 heteroatoms. The number of pyridine rings is 1. The average molecular weight is 177 g/mol. The molecule has 0 aliphatic carbocycles. The van der Waals surface area contributed by atoms with Crippen molar-refractivity contribution in [3.05, 3.63) is 28.0 Å². The summed E-state index contributed by atoms with van der Waals surface area (Å²) in [6.45, 7) is 0.325. The van der Waals surface area contributed by atoms with E-state index in [1.54, 1.807) is 12.3 Å². The van der Waals surface area contributed by atoms with Crippen molar-refractivity contribution in [1.82, 2.24) is 4.98 Å². The highest BCUT2D eigenvalue weighted by Gasteiger charge is 2.02. The molecule has 1 heterocycles. The lowest BCUT2D eigenvalue weighted by atomic mass is 10.3. The van der Waals surface area contributed by atoms with Crippen LogP contribution in [-0.4, -0.2) is 4.98 Å². The number of aromatic nitrogens is 1. The van der Waals surface area contributed by atoms with Crippen molar-refractivity contribution < 1.29 is 0 Å². The Labute approximate surface area is 69.0 Å². The van der Waals surface area contributed by atoms with Gasteiger partial charge in [0.2, 0.25) is 0 Å². The smallest absolute Gasteiger partial charge is 0.134 e. The predicted octanol–water partition coefficient (Wildman–Crippen LogP) is 1.85. The highest BCUT2D eigenvalue weighted by molar-refractivity contribution is 6.35. The summed E-state index contributed by atoms with van der Waals surface area (Å²) in [5.41, 5.74) is 6.04. The van der Waals surface area contributed by atoms with Crippen LogP contribution in [0.25, 0.3) is 0 Å². The van der Waals surface area contributed by atoms with E-state index in [4.69, 9.17) is 28.9 Å². The molecule has 10 heavy (non-hydrogen) atoms. The van der Waals surface area contributed by atoms with Gasteiger partial charge in [-0.05, 0) is 6.07 Å². The molecular formula is C6H6Cl2N2. The second-order valence-electron chi connectivity index (χ2n) is 1.77. The first-order valence-electron chi connectivity index (χ1n) is 2.74. The van der Waals surface area contributed by atoms with Crippen molar-refractivity contribution in [3.63, 3.8) is 0 Å². The van der Waals surface area contributed by atoms with E-state index < -0.39 is 0 Å². The zero-order chi connectivity index (χ0) is 7.56. The number of hydrogen-bond acceptors (Lipinski definition) is 2. The van der Waals surface area contributed by atoms with Crippen molar-refractivity contribution >= 4 is 23.2 Å². The zero-order valence-electron chi connectivity index (χ0n) is 5.14. The average Bonchev–Trinajstić information content (AvgIpc) is 1.88. The van der Waals surface area contributed by atoms with Crippen LogP contribution in [0.1, 0.15) is 5.56 Å². The number of halogens is 2. The third-order valence-corrected chi connectivity index (χ3v) is 1.83. The van der Waals surface area contributed by atoms with Crippen molar-refractivity contribution in [1.29, 1.82) is 0 Å². The topological polar surface area (TPSA) is 38.9 Å². The maximum Gasteiger partial charge on any atom is 0.134 e. The van der Waals surface area contributed by atoms with Gasteiger partial charge < -0.3 is 5.73 Å². The minimum Gasteiger partial charge on any atom is -0.326 e. The number of nitrogens with two attached hydrogens (primary N) is 1. The first-order valence-corrected chi connectivity index (χ1v) is 3.50. The van der Waals surface area contributed by atoms with Crippen LogP contribution in [0.2, 0.25) is 10.2 Å². The van der Waals surface area contributed by atoms with Crippen LogP contribution in [0.15, 0.2) is 12.3 Å². The fourth-order valence-corrected chi connectivity index (χ4v) is 1.13. The van der Waals surface area contributed by atoms with Gasteiger partial charge in [-0.15, -0.1) is 0 Å². The van der Waals surface area contributed by atoms with E-state index >= 15 is 0 Å². The van der Waals surface area contributed by atoms with Crippen LogP contribution in [0.4, 0.5) is 0 Å². The van der Waals surface area contributed by atoms with E-state index in [2.05, 4.69) is 4.98 Å². The molecule has 0 spiro atoms. The molecule has 0 aliphatic heterocycles. The number of hydrogen-bond donors (Lipinski definition) is 1. The molecule has 1 rings (SSSR count). The quantitative estimate of drug-likeness (QED) is 0.664. The Hall–Kier alpha value is -0.310. The van der Waals surface area contributed by atoms with Gasteiger partial charge in [0, 0.05) is 23.3 Å². The third-order valence-electron chi connectivity index (χ3n) is 1.15. The van der Waals surface area contributed by atoms with Crippen LogP contribution in [0, 0.1) is 0 Å². The van der Waals surface area contributed by atoms with Crippen LogP contribution >= 0.6 is 23.2 Å². The van der Waals surface area contributed by atoms with Crippen LogP contribution < -0.4 is 5.73 Å². The molecule has 1 aromatic rings. The van der Waals surface area contributed by atoms with E-state index in [9.17, 15) is 0 Å². The summed E-state index contributed by atoms with van der Waals surface area (Å²) >= 11 is 11.4. The molecule has 0 bridgehead atoms. The molecule has 2 nitrogen and oxygen atoms in total. The van der Waals surface area contributed by atoms with Crippen molar-refractivity contribution in [2.75, 3.05) is 0 Å². The van der Waals surface area contributed by atoms with E-state index in [1.807, 2.05) is 0 Å². The van der Waals surface area contributed by atoms with Gasteiger partial charge in [0.25, 0.3) is 0 Å². The van der Waals surface area contributed by atoms with Gasteiger partial charge in [0.05, 0.1) is 0 Å². The molecule has 0 atom stereocenters. The van der Waals surface area contributed by atoms with Gasteiger partial charge in [-0.1, -0.05) is 23.2 Å². The lowest BCUT2D eigenvalue weighted by molar-refractivity contribution is 1.05. The standard InChI is InChI=1S/C6H6Cl2N2/c7-5-1-2-10-6(8)4(5)3-9/h1-2H,3,9H2. The monoisotopic (exact) mass is 176 g/mol. The maximum atomic E-state index is 5.73. The summed E-state index contributed by atoms with van der Waals surface area (Å²) in [4.78, 5) is 3.81. The van der Waals surface area contributed by atoms with Crippen molar-refractivity contribution in [3.8, 4) is 0 Å². The van der Waals surface area contributed by atoms with E-state index in [0.29, 0.717) is 22.3 Å². The first-order chi connectivity index (χ1) is 4.75. The summed E-state index contributed by atoms with van der Waals surface area (Å²) in [7, 11) is 0. The summed E-state index contributed by atoms with van der Waals surface area (Å²) in [6, 6.07) is 1.66. The first kappa shape index (κ1) is 7.79. The Morgan fingerprint density at radius 3 is 2.60 bits per heavy atom. The molecular weight excluding hydrogens is 171 g/mol. The van der Waals surface area contributed by atoms with Crippen molar-refractivity contribution in [2.24, 2.45) is 5.73 Å². The summed E-state index contributed by atoms with van der Waals surface area (Å²) < 4.78 is 0. The normalized spacial score (nSPS) is 9.90. The van der Waals surface area contributed by atoms with Gasteiger partial charge in [-0.3, -0.25) is 0 Å². The molecule has 0 saturated heterocycles. The maximum absolute atomic E-state index is 5.73. The van der Waals surface area contributed by atoms with Gasteiger partial charge >= 0.3 is 0 Å². The Balaban J connectivity index is 3.17. The predicted molar refractivity (Wildman–Crippen MR) is 42.1 cm³/mol. The Morgan fingerprint density at radius 2 is 2.20 bits per heavy atom. The Bertz CT molecular complexity index is 217. The van der Waals surface area contributed by atoms with Crippen molar-refractivity contribution in [2.45, 2.75) is 6.54 Å². The second kappa shape index (κ2) is 3.19. The van der Waals surface area contributed by atoms with E-state index in [1.165, 1.54) is 0 Å². The highest BCUT2D eigenvalue weighted by atomic mass is 35.5. The highest BCUT2D eigenvalue weighted by Crippen LogP contribution is 2.20. The van der Waals surface area contributed by atoms with Gasteiger partial charge in [-0.25, -0.2) is 4.98 Å². The molecule has 2 N–H and O–H groups in total. The molecule has 0 fully saturated rings. The second-order valence-corrected chi connectivity index (χ2v) is 2.53. The largest absolute Gasteiger partial charge is 0.326 e. The van der Waals surface area contributed by atoms with Gasteiger partial charge in [0.1, 0.15) is 5.15 Å². The van der Waals surface area contributed by atoms with E-state index in [0.717, 1.165) is 0 Å². The molecule has 0 saturated carbocycles. The SMILES string of the molecule is NCc1c(Cl)ccnc1Cl. The lowest BCUT2D eigenvalue weighted by Gasteiger charge is -2.00. The van der Waals surface area contributed by atoms with Gasteiger partial charge in [0.15, 0.2) is 0 Å². The molecule has 0 radical (unpaired) electrons. The van der Waals surface area contributed by atoms with Crippen LogP contribution in [-0.2, 0) is 6.54 Å². The Kier molecular flexibility index (Phi) is 2.49. The molecule has 0 aliphatic rings. The zero-order valence-corrected chi connectivity index (χ0v) is 6.65. The molecule has 0 amide bonds. The Morgan fingerprint density at radius 1 is 1.50 bits per heavy atom.